The standard InChI is InChI=1S/C17H16NOS/c1-18-12-16(11-13-5-3-4-6-17(13)18)20-15-9-7-14(19-2)8-10-15/h3-12H,1-2H3/q+1. The SMILES string of the molecule is COc1ccc(Sc2cc3ccccc3[n+](C)c2)cc1. The Bertz CT molecular complexity index is 738. The van der Waals surface area contributed by atoms with Crippen molar-refractivity contribution in [3.8, 4) is 5.75 Å². The van der Waals surface area contributed by atoms with E-state index < -0.39 is 0 Å². The average molecular weight is 282 g/mol. The molecule has 1 heterocycles. The van der Waals surface area contributed by atoms with Gasteiger partial charge in [0.1, 0.15) is 12.8 Å². The molecule has 0 atom stereocenters. The van der Waals surface area contributed by atoms with Gasteiger partial charge in [-0.1, -0.05) is 23.9 Å². The molecule has 0 fully saturated rings. The van der Waals surface area contributed by atoms with E-state index in [1.807, 2.05) is 12.1 Å². The fourth-order valence-electron chi connectivity index (χ4n) is 2.22. The third-order valence-corrected chi connectivity index (χ3v) is 4.20. The van der Waals surface area contributed by atoms with E-state index in [2.05, 4.69) is 60.3 Å². The van der Waals surface area contributed by atoms with Gasteiger partial charge in [0.15, 0.2) is 6.20 Å². The molecule has 0 aliphatic heterocycles. The van der Waals surface area contributed by atoms with Gasteiger partial charge >= 0.3 is 0 Å². The van der Waals surface area contributed by atoms with Crippen molar-refractivity contribution in [3.05, 3.63) is 60.8 Å². The lowest BCUT2D eigenvalue weighted by atomic mass is 10.2. The molecule has 3 rings (SSSR count). The minimum Gasteiger partial charge on any atom is -0.497 e. The highest BCUT2D eigenvalue weighted by Gasteiger charge is 2.08. The van der Waals surface area contributed by atoms with Gasteiger partial charge in [-0.2, -0.15) is 4.57 Å². The summed E-state index contributed by atoms with van der Waals surface area (Å²) in [6.07, 6.45) is 2.16. The topological polar surface area (TPSA) is 13.1 Å². The smallest absolute Gasteiger partial charge is 0.212 e. The lowest BCUT2D eigenvalue weighted by Crippen LogP contribution is -2.28. The van der Waals surface area contributed by atoms with E-state index in [4.69, 9.17) is 4.74 Å². The van der Waals surface area contributed by atoms with Crippen molar-refractivity contribution >= 4 is 22.7 Å². The van der Waals surface area contributed by atoms with Gasteiger partial charge in [0.25, 0.3) is 0 Å². The second-order valence-corrected chi connectivity index (χ2v) is 5.77. The zero-order valence-corrected chi connectivity index (χ0v) is 12.4. The van der Waals surface area contributed by atoms with Gasteiger partial charge in [-0.25, -0.2) is 0 Å². The molecule has 3 aromatic rings. The van der Waals surface area contributed by atoms with E-state index >= 15 is 0 Å². The predicted octanol–water partition coefficient (Wildman–Crippen LogP) is 3.82. The lowest BCUT2D eigenvalue weighted by Gasteiger charge is -2.04. The number of rotatable bonds is 3. The monoisotopic (exact) mass is 282 g/mol. The number of aryl methyl sites for hydroxylation is 1. The number of methoxy groups -OCH3 is 1. The summed E-state index contributed by atoms with van der Waals surface area (Å²) in [5, 5.41) is 1.26. The van der Waals surface area contributed by atoms with Crippen LogP contribution in [0.4, 0.5) is 0 Å². The van der Waals surface area contributed by atoms with Gasteiger partial charge in [0.2, 0.25) is 5.52 Å². The molecule has 0 aliphatic carbocycles. The summed E-state index contributed by atoms with van der Waals surface area (Å²) >= 11 is 1.76. The van der Waals surface area contributed by atoms with Crippen LogP contribution in [0.25, 0.3) is 10.9 Å². The van der Waals surface area contributed by atoms with Crippen LogP contribution in [0.2, 0.25) is 0 Å². The third kappa shape index (κ3) is 2.63. The van der Waals surface area contributed by atoms with Crippen molar-refractivity contribution in [1.29, 1.82) is 0 Å². The summed E-state index contributed by atoms with van der Waals surface area (Å²) in [6.45, 7) is 0. The van der Waals surface area contributed by atoms with Crippen molar-refractivity contribution in [3.63, 3.8) is 0 Å². The van der Waals surface area contributed by atoms with E-state index in [1.165, 1.54) is 20.7 Å². The van der Waals surface area contributed by atoms with E-state index in [9.17, 15) is 0 Å². The number of ether oxygens (including phenoxy) is 1. The average Bonchev–Trinajstić information content (AvgIpc) is 2.48. The van der Waals surface area contributed by atoms with Crippen LogP contribution in [0, 0.1) is 0 Å². The molecule has 2 nitrogen and oxygen atoms in total. The van der Waals surface area contributed by atoms with Gasteiger partial charge in [-0.3, -0.25) is 0 Å². The summed E-state index contributed by atoms with van der Waals surface area (Å²) < 4.78 is 7.35. The maximum Gasteiger partial charge on any atom is 0.212 e. The fraction of sp³-hybridized carbons (Fsp3) is 0.118. The highest BCUT2D eigenvalue weighted by Crippen LogP contribution is 2.29. The molecule has 0 amide bonds. The molecular formula is C17H16NOS+. The number of hydrogen-bond acceptors (Lipinski definition) is 2. The van der Waals surface area contributed by atoms with E-state index in [0.29, 0.717) is 0 Å². The number of para-hydroxylation sites is 1. The molecule has 0 bridgehead atoms. The number of aromatic nitrogens is 1. The molecule has 20 heavy (non-hydrogen) atoms. The quantitative estimate of drug-likeness (QED) is 0.677. The van der Waals surface area contributed by atoms with Crippen molar-refractivity contribution in [2.45, 2.75) is 9.79 Å². The summed E-state index contributed by atoms with van der Waals surface area (Å²) in [4.78, 5) is 2.44. The second kappa shape index (κ2) is 5.55. The maximum atomic E-state index is 5.18. The van der Waals surface area contributed by atoms with Crippen LogP contribution in [0.5, 0.6) is 5.75 Å². The lowest BCUT2D eigenvalue weighted by molar-refractivity contribution is -0.646. The molecule has 0 N–H and O–H groups in total. The van der Waals surface area contributed by atoms with Crippen LogP contribution < -0.4 is 9.30 Å². The molecule has 0 saturated carbocycles. The molecule has 0 spiro atoms. The third-order valence-electron chi connectivity index (χ3n) is 3.23. The van der Waals surface area contributed by atoms with Crippen molar-refractivity contribution < 1.29 is 9.30 Å². The van der Waals surface area contributed by atoms with Gasteiger partial charge in [-0.15, -0.1) is 0 Å². The van der Waals surface area contributed by atoms with Gasteiger partial charge in [0, 0.05) is 16.3 Å². The first kappa shape index (κ1) is 13.0. The molecule has 0 aliphatic rings. The summed E-state index contributed by atoms with van der Waals surface area (Å²) in [5.74, 6) is 0.887. The molecule has 2 aromatic carbocycles. The first-order valence-corrected chi connectivity index (χ1v) is 7.28. The van der Waals surface area contributed by atoms with Crippen molar-refractivity contribution in [2.24, 2.45) is 7.05 Å². The van der Waals surface area contributed by atoms with Crippen LogP contribution in [-0.2, 0) is 7.05 Å². The predicted molar refractivity (Wildman–Crippen MR) is 82.2 cm³/mol. The van der Waals surface area contributed by atoms with Gasteiger partial charge in [-0.05, 0) is 36.4 Å². The minimum atomic E-state index is 0.887. The van der Waals surface area contributed by atoms with Crippen LogP contribution in [0.3, 0.4) is 0 Å². The Morgan fingerprint density at radius 3 is 2.45 bits per heavy atom. The highest BCUT2D eigenvalue weighted by atomic mass is 32.2. The normalized spacial score (nSPS) is 10.7. The molecule has 0 saturated heterocycles. The Labute approximate surface area is 123 Å². The first-order valence-electron chi connectivity index (χ1n) is 6.46. The molecular weight excluding hydrogens is 266 g/mol. The fourth-order valence-corrected chi connectivity index (χ4v) is 3.16. The number of nitrogens with zero attached hydrogens (tertiary/aromatic N) is 1. The van der Waals surface area contributed by atoms with Crippen LogP contribution in [0.15, 0.2) is 70.6 Å². The van der Waals surface area contributed by atoms with Gasteiger partial charge in [0.05, 0.1) is 12.0 Å². The zero-order valence-electron chi connectivity index (χ0n) is 11.5. The van der Waals surface area contributed by atoms with Crippen LogP contribution in [0.1, 0.15) is 0 Å². The number of benzene rings is 2. The maximum absolute atomic E-state index is 5.18. The van der Waals surface area contributed by atoms with Gasteiger partial charge < -0.3 is 4.74 Å². The van der Waals surface area contributed by atoms with E-state index in [0.717, 1.165) is 5.75 Å². The Morgan fingerprint density at radius 1 is 0.950 bits per heavy atom. The second-order valence-electron chi connectivity index (χ2n) is 4.62. The zero-order chi connectivity index (χ0) is 13.9. The Balaban J connectivity index is 1.93. The Morgan fingerprint density at radius 2 is 1.70 bits per heavy atom. The Hall–Kier alpha value is -2.00. The van der Waals surface area contributed by atoms with E-state index in [-0.39, 0.29) is 0 Å². The van der Waals surface area contributed by atoms with E-state index in [1.54, 1.807) is 18.9 Å². The summed E-state index contributed by atoms with van der Waals surface area (Å²) in [6, 6.07) is 18.8. The Kier molecular flexibility index (Phi) is 3.61. The number of hydrogen-bond donors (Lipinski definition) is 0. The number of pyridine rings is 1. The summed E-state index contributed by atoms with van der Waals surface area (Å²) in [7, 11) is 3.77. The largest absolute Gasteiger partial charge is 0.497 e. The number of fused-ring (bicyclic) bond motifs is 1. The highest BCUT2D eigenvalue weighted by molar-refractivity contribution is 7.99. The van der Waals surface area contributed by atoms with Crippen LogP contribution in [-0.4, -0.2) is 7.11 Å². The minimum absolute atomic E-state index is 0.887. The van der Waals surface area contributed by atoms with Crippen molar-refractivity contribution in [2.75, 3.05) is 7.11 Å². The molecule has 1 aromatic heterocycles. The van der Waals surface area contributed by atoms with Crippen molar-refractivity contribution in [1.82, 2.24) is 0 Å². The van der Waals surface area contributed by atoms with Crippen LogP contribution >= 0.6 is 11.8 Å². The molecule has 100 valence electrons. The first-order chi connectivity index (χ1) is 9.76. The molecule has 0 unspecified atom stereocenters. The summed E-state index contributed by atoms with van der Waals surface area (Å²) in [5.41, 5.74) is 1.24. The molecule has 0 radical (unpaired) electrons. The molecule has 3 heteroatoms.